The Balaban J connectivity index is 2.37. The molecule has 0 saturated heterocycles. The van der Waals surface area contributed by atoms with Crippen LogP contribution in [0.15, 0.2) is 51.8 Å². The highest BCUT2D eigenvalue weighted by Crippen LogP contribution is 2.22. The molecule has 0 spiro atoms. The van der Waals surface area contributed by atoms with E-state index >= 15 is 0 Å². The third-order valence-electron chi connectivity index (χ3n) is 3.27. The molecule has 0 aliphatic rings. The molecule has 2 aromatic rings. The van der Waals surface area contributed by atoms with Crippen LogP contribution in [0.1, 0.15) is 15.9 Å². The standard InChI is InChI=1S/C16H16BrNO3S/c1-18-15-8-7-13(22(2,20)21)10-14(15)16(19)9-11-3-5-12(17)6-4-11/h3-8,10,18H,9H2,1-2H3. The van der Waals surface area contributed by atoms with Gasteiger partial charge in [-0.1, -0.05) is 28.1 Å². The van der Waals surface area contributed by atoms with Crippen LogP contribution in [0.25, 0.3) is 0 Å². The molecule has 0 saturated carbocycles. The summed E-state index contributed by atoms with van der Waals surface area (Å²) in [6.45, 7) is 0. The monoisotopic (exact) mass is 381 g/mol. The van der Waals surface area contributed by atoms with Crippen LogP contribution < -0.4 is 5.32 Å². The van der Waals surface area contributed by atoms with Crippen LogP contribution in [-0.4, -0.2) is 27.5 Å². The summed E-state index contributed by atoms with van der Waals surface area (Å²) >= 11 is 3.35. The predicted molar refractivity (Wildman–Crippen MR) is 91.3 cm³/mol. The summed E-state index contributed by atoms with van der Waals surface area (Å²) in [6, 6.07) is 12.0. The van der Waals surface area contributed by atoms with E-state index in [0.717, 1.165) is 16.3 Å². The van der Waals surface area contributed by atoms with Crippen molar-refractivity contribution in [1.29, 1.82) is 0 Å². The van der Waals surface area contributed by atoms with E-state index in [-0.39, 0.29) is 17.1 Å². The molecule has 0 aromatic heterocycles. The van der Waals surface area contributed by atoms with Gasteiger partial charge in [-0.3, -0.25) is 4.79 Å². The molecule has 0 atom stereocenters. The molecule has 0 fully saturated rings. The largest absolute Gasteiger partial charge is 0.388 e. The van der Waals surface area contributed by atoms with Crippen LogP contribution in [0.4, 0.5) is 5.69 Å². The molecule has 116 valence electrons. The summed E-state index contributed by atoms with van der Waals surface area (Å²) in [6.07, 6.45) is 1.35. The first-order valence-corrected chi connectivity index (χ1v) is 9.29. The van der Waals surface area contributed by atoms with Gasteiger partial charge in [0.2, 0.25) is 0 Å². The van der Waals surface area contributed by atoms with Gasteiger partial charge in [-0.15, -0.1) is 0 Å². The average Bonchev–Trinajstić information content (AvgIpc) is 2.48. The molecule has 0 radical (unpaired) electrons. The van der Waals surface area contributed by atoms with Gasteiger partial charge in [0.1, 0.15) is 0 Å². The first-order valence-electron chi connectivity index (χ1n) is 6.61. The van der Waals surface area contributed by atoms with Crippen molar-refractivity contribution in [1.82, 2.24) is 0 Å². The van der Waals surface area contributed by atoms with Gasteiger partial charge in [-0.25, -0.2) is 8.42 Å². The second kappa shape index (κ2) is 6.62. The lowest BCUT2D eigenvalue weighted by molar-refractivity contribution is 0.0993. The quantitative estimate of drug-likeness (QED) is 0.806. The number of carbonyl (C=O) groups excluding carboxylic acids is 1. The minimum Gasteiger partial charge on any atom is -0.388 e. The van der Waals surface area contributed by atoms with E-state index in [4.69, 9.17) is 0 Å². The van der Waals surface area contributed by atoms with Crippen LogP contribution in [0, 0.1) is 0 Å². The van der Waals surface area contributed by atoms with E-state index in [1.807, 2.05) is 24.3 Å². The molecule has 0 amide bonds. The van der Waals surface area contributed by atoms with Crippen molar-refractivity contribution in [2.75, 3.05) is 18.6 Å². The third-order valence-corrected chi connectivity index (χ3v) is 4.91. The zero-order valence-corrected chi connectivity index (χ0v) is 14.7. The summed E-state index contributed by atoms with van der Waals surface area (Å²) in [5, 5.41) is 2.93. The third kappa shape index (κ3) is 3.96. The zero-order valence-electron chi connectivity index (χ0n) is 12.3. The van der Waals surface area contributed by atoms with Crippen molar-refractivity contribution in [3.8, 4) is 0 Å². The van der Waals surface area contributed by atoms with Crippen molar-refractivity contribution in [3.05, 3.63) is 58.1 Å². The molecule has 4 nitrogen and oxygen atoms in total. The fourth-order valence-electron chi connectivity index (χ4n) is 2.09. The first-order chi connectivity index (χ1) is 10.3. The number of ketones is 1. The summed E-state index contributed by atoms with van der Waals surface area (Å²) in [7, 11) is -1.65. The molecule has 22 heavy (non-hydrogen) atoms. The highest BCUT2D eigenvalue weighted by atomic mass is 79.9. The molecule has 0 unspecified atom stereocenters. The predicted octanol–water partition coefficient (Wildman–Crippen LogP) is 3.32. The Morgan fingerprint density at radius 1 is 1.14 bits per heavy atom. The number of rotatable bonds is 5. The smallest absolute Gasteiger partial charge is 0.175 e. The molecule has 1 N–H and O–H groups in total. The zero-order chi connectivity index (χ0) is 16.3. The van der Waals surface area contributed by atoms with Crippen LogP contribution in [0.3, 0.4) is 0 Å². The minimum atomic E-state index is -3.35. The van der Waals surface area contributed by atoms with E-state index in [2.05, 4.69) is 21.2 Å². The lowest BCUT2D eigenvalue weighted by Crippen LogP contribution is -2.09. The van der Waals surface area contributed by atoms with Gasteiger partial charge in [0.25, 0.3) is 0 Å². The fraction of sp³-hybridized carbons (Fsp3) is 0.188. The normalized spacial score (nSPS) is 11.2. The Morgan fingerprint density at radius 2 is 1.77 bits per heavy atom. The topological polar surface area (TPSA) is 63.2 Å². The summed E-state index contributed by atoms with van der Waals surface area (Å²) in [5.41, 5.74) is 1.88. The number of halogens is 1. The summed E-state index contributed by atoms with van der Waals surface area (Å²) in [4.78, 5) is 12.7. The number of hydrogen-bond donors (Lipinski definition) is 1. The molecular weight excluding hydrogens is 366 g/mol. The average molecular weight is 382 g/mol. The number of sulfone groups is 1. The van der Waals surface area contributed by atoms with E-state index < -0.39 is 9.84 Å². The Morgan fingerprint density at radius 3 is 2.32 bits per heavy atom. The van der Waals surface area contributed by atoms with Gasteiger partial charge in [0.15, 0.2) is 15.6 Å². The number of anilines is 1. The van der Waals surface area contributed by atoms with E-state index in [1.54, 1.807) is 13.1 Å². The van der Waals surface area contributed by atoms with Gasteiger partial charge < -0.3 is 5.32 Å². The Kier molecular flexibility index (Phi) is 5.03. The summed E-state index contributed by atoms with van der Waals surface area (Å²) < 4.78 is 24.3. The lowest BCUT2D eigenvalue weighted by atomic mass is 10.0. The second-order valence-corrected chi connectivity index (χ2v) is 7.89. The highest BCUT2D eigenvalue weighted by molar-refractivity contribution is 9.10. The van der Waals surface area contributed by atoms with Crippen molar-refractivity contribution < 1.29 is 13.2 Å². The molecule has 0 aliphatic carbocycles. The van der Waals surface area contributed by atoms with Crippen molar-refractivity contribution in [2.45, 2.75) is 11.3 Å². The maximum absolute atomic E-state index is 12.5. The number of Topliss-reactive ketones (excluding diaryl/α,β-unsaturated/α-hetero) is 1. The van der Waals surface area contributed by atoms with E-state index in [0.29, 0.717) is 11.3 Å². The van der Waals surface area contributed by atoms with Crippen LogP contribution >= 0.6 is 15.9 Å². The Labute approximate surface area is 138 Å². The van der Waals surface area contributed by atoms with Crippen molar-refractivity contribution in [2.24, 2.45) is 0 Å². The van der Waals surface area contributed by atoms with Gasteiger partial charge in [0.05, 0.1) is 4.90 Å². The number of benzene rings is 2. The number of carbonyl (C=O) groups is 1. The maximum Gasteiger partial charge on any atom is 0.175 e. The van der Waals surface area contributed by atoms with Gasteiger partial charge in [-0.2, -0.15) is 0 Å². The SMILES string of the molecule is CNc1ccc(S(C)(=O)=O)cc1C(=O)Cc1ccc(Br)cc1. The molecule has 0 aliphatic heterocycles. The van der Waals surface area contributed by atoms with Gasteiger partial charge >= 0.3 is 0 Å². The number of hydrogen-bond acceptors (Lipinski definition) is 4. The first kappa shape index (κ1) is 16.7. The van der Waals surface area contributed by atoms with Crippen LogP contribution in [0.5, 0.6) is 0 Å². The van der Waals surface area contributed by atoms with Crippen LogP contribution in [0.2, 0.25) is 0 Å². The minimum absolute atomic E-state index is 0.128. The van der Waals surface area contributed by atoms with E-state index in [1.165, 1.54) is 12.1 Å². The Hall–Kier alpha value is -1.66. The molecule has 2 aromatic carbocycles. The van der Waals surface area contributed by atoms with E-state index in [9.17, 15) is 13.2 Å². The molecule has 2 rings (SSSR count). The van der Waals surface area contributed by atoms with Crippen molar-refractivity contribution in [3.63, 3.8) is 0 Å². The molecule has 6 heteroatoms. The lowest BCUT2D eigenvalue weighted by Gasteiger charge is -2.10. The van der Waals surface area contributed by atoms with Crippen LogP contribution in [-0.2, 0) is 16.3 Å². The van der Waals surface area contributed by atoms with Gasteiger partial charge in [-0.05, 0) is 35.9 Å². The molecule has 0 bridgehead atoms. The molecular formula is C16H16BrNO3S. The van der Waals surface area contributed by atoms with Crippen molar-refractivity contribution >= 4 is 37.2 Å². The molecule has 0 heterocycles. The second-order valence-electron chi connectivity index (χ2n) is 4.96. The number of nitrogens with one attached hydrogen (secondary N) is 1. The summed E-state index contributed by atoms with van der Waals surface area (Å²) in [5.74, 6) is -0.128. The fourth-order valence-corrected chi connectivity index (χ4v) is 3.00. The Bertz CT molecular complexity index is 799. The highest BCUT2D eigenvalue weighted by Gasteiger charge is 2.16. The maximum atomic E-state index is 12.5. The van der Waals surface area contributed by atoms with Gasteiger partial charge in [0, 0.05) is 35.4 Å².